The van der Waals surface area contributed by atoms with Gasteiger partial charge in [-0.1, -0.05) is 6.92 Å². The summed E-state index contributed by atoms with van der Waals surface area (Å²) < 4.78 is 8.91. The van der Waals surface area contributed by atoms with Crippen molar-refractivity contribution >= 4 is 27.7 Å². The van der Waals surface area contributed by atoms with Crippen LogP contribution in [0.1, 0.15) is 25.1 Å². The van der Waals surface area contributed by atoms with Crippen LogP contribution >= 0.6 is 27.7 Å². The number of hydrogen-bond acceptors (Lipinski definition) is 4. The number of thioether (sulfide) groups is 1. The Morgan fingerprint density at radius 1 is 1.72 bits per heavy atom. The Morgan fingerprint density at radius 2 is 2.56 bits per heavy atom. The molecular formula is C12H20BrN3OS. The van der Waals surface area contributed by atoms with Gasteiger partial charge in [0.05, 0.1) is 35.1 Å². The molecule has 4 nitrogen and oxygen atoms in total. The molecule has 1 aliphatic rings. The molecule has 2 unspecified atom stereocenters. The first-order chi connectivity index (χ1) is 8.74. The van der Waals surface area contributed by atoms with Crippen molar-refractivity contribution in [3.8, 4) is 0 Å². The minimum Gasteiger partial charge on any atom is -0.374 e. The average molecular weight is 334 g/mol. The van der Waals surface area contributed by atoms with E-state index in [4.69, 9.17) is 4.74 Å². The van der Waals surface area contributed by atoms with Crippen LogP contribution in [0.15, 0.2) is 10.7 Å². The van der Waals surface area contributed by atoms with E-state index in [9.17, 15) is 0 Å². The topological polar surface area (TPSA) is 39.1 Å². The van der Waals surface area contributed by atoms with Crippen molar-refractivity contribution in [2.75, 3.05) is 24.7 Å². The number of nitrogens with zero attached hydrogens (tertiary/aromatic N) is 2. The van der Waals surface area contributed by atoms with Gasteiger partial charge in [-0.3, -0.25) is 4.68 Å². The maximum atomic E-state index is 5.93. The maximum absolute atomic E-state index is 5.93. The SMILES string of the molecule is CCCNC(c1c(Br)cnn1C)C1CSCCO1. The second-order valence-electron chi connectivity index (χ2n) is 4.42. The Labute approximate surface area is 121 Å². The first-order valence-corrected chi connectivity index (χ1v) is 8.29. The molecule has 0 aromatic carbocycles. The predicted molar refractivity (Wildman–Crippen MR) is 79.0 cm³/mol. The van der Waals surface area contributed by atoms with E-state index in [2.05, 4.69) is 33.3 Å². The van der Waals surface area contributed by atoms with Gasteiger partial charge >= 0.3 is 0 Å². The molecule has 1 aromatic heterocycles. The molecule has 0 saturated carbocycles. The number of aromatic nitrogens is 2. The molecule has 0 radical (unpaired) electrons. The van der Waals surface area contributed by atoms with Crippen molar-refractivity contribution in [2.24, 2.45) is 7.05 Å². The van der Waals surface area contributed by atoms with Crippen LogP contribution in [-0.4, -0.2) is 40.5 Å². The van der Waals surface area contributed by atoms with E-state index in [-0.39, 0.29) is 12.1 Å². The summed E-state index contributed by atoms with van der Waals surface area (Å²) in [6.07, 6.45) is 3.19. The fourth-order valence-corrected chi connectivity index (χ4v) is 3.67. The van der Waals surface area contributed by atoms with Crippen molar-refractivity contribution in [3.05, 3.63) is 16.4 Å². The third kappa shape index (κ3) is 3.29. The second kappa shape index (κ2) is 6.93. The lowest BCUT2D eigenvalue weighted by molar-refractivity contribution is 0.0445. The molecule has 0 spiro atoms. The second-order valence-corrected chi connectivity index (χ2v) is 6.42. The van der Waals surface area contributed by atoms with Gasteiger partial charge < -0.3 is 10.1 Å². The zero-order chi connectivity index (χ0) is 13.0. The van der Waals surface area contributed by atoms with Gasteiger partial charge in [-0.25, -0.2) is 0 Å². The molecule has 2 rings (SSSR count). The fourth-order valence-electron chi connectivity index (χ4n) is 2.17. The van der Waals surface area contributed by atoms with E-state index in [1.807, 2.05) is 29.7 Å². The Morgan fingerprint density at radius 3 is 3.11 bits per heavy atom. The largest absolute Gasteiger partial charge is 0.374 e. The van der Waals surface area contributed by atoms with Gasteiger partial charge in [-0.2, -0.15) is 16.9 Å². The molecule has 0 bridgehead atoms. The number of halogens is 1. The summed E-state index contributed by atoms with van der Waals surface area (Å²) in [6, 6.07) is 0.208. The summed E-state index contributed by atoms with van der Waals surface area (Å²) in [5.41, 5.74) is 1.18. The standard InChI is InChI=1S/C12H20BrN3OS/c1-3-4-14-11(10-8-18-6-5-17-10)12-9(13)7-15-16(12)2/h7,10-11,14H,3-6,8H2,1-2H3. The van der Waals surface area contributed by atoms with Crippen molar-refractivity contribution < 1.29 is 4.74 Å². The average Bonchev–Trinajstić information content (AvgIpc) is 2.72. The Kier molecular flexibility index (Phi) is 5.54. The Hall–Kier alpha value is -0.0400. The molecule has 2 atom stereocenters. The number of aryl methyl sites for hydroxylation is 1. The van der Waals surface area contributed by atoms with Crippen molar-refractivity contribution in [2.45, 2.75) is 25.5 Å². The summed E-state index contributed by atoms with van der Waals surface area (Å²) in [6.45, 7) is 4.01. The van der Waals surface area contributed by atoms with Crippen LogP contribution in [0.3, 0.4) is 0 Å². The molecule has 0 aliphatic carbocycles. The molecule has 1 aromatic rings. The molecular weight excluding hydrogens is 314 g/mol. The summed E-state index contributed by atoms with van der Waals surface area (Å²) in [5.74, 6) is 2.14. The smallest absolute Gasteiger partial charge is 0.0875 e. The zero-order valence-corrected chi connectivity index (χ0v) is 13.3. The molecule has 1 fully saturated rings. The summed E-state index contributed by atoms with van der Waals surface area (Å²) in [4.78, 5) is 0. The highest BCUT2D eigenvalue weighted by Crippen LogP contribution is 2.30. The lowest BCUT2D eigenvalue weighted by Gasteiger charge is -2.31. The van der Waals surface area contributed by atoms with E-state index in [0.29, 0.717) is 0 Å². The van der Waals surface area contributed by atoms with E-state index >= 15 is 0 Å². The predicted octanol–water partition coefficient (Wildman–Crippen LogP) is 2.36. The molecule has 1 saturated heterocycles. The van der Waals surface area contributed by atoms with E-state index in [1.165, 1.54) is 5.69 Å². The maximum Gasteiger partial charge on any atom is 0.0875 e. The van der Waals surface area contributed by atoms with Gasteiger partial charge in [0.2, 0.25) is 0 Å². The normalized spacial score (nSPS) is 22.1. The monoisotopic (exact) mass is 333 g/mol. The van der Waals surface area contributed by atoms with Crippen LogP contribution in [0.4, 0.5) is 0 Å². The molecule has 102 valence electrons. The zero-order valence-electron chi connectivity index (χ0n) is 10.9. The Balaban J connectivity index is 2.18. The fraction of sp³-hybridized carbons (Fsp3) is 0.750. The van der Waals surface area contributed by atoms with Gasteiger partial charge in [0.1, 0.15) is 0 Å². The van der Waals surface area contributed by atoms with E-state index < -0.39 is 0 Å². The Bertz CT molecular complexity index is 360. The van der Waals surface area contributed by atoms with Crippen LogP contribution < -0.4 is 5.32 Å². The minimum absolute atomic E-state index is 0.208. The van der Waals surface area contributed by atoms with Crippen LogP contribution in [0.5, 0.6) is 0 Å². The van der Waals surface area contributed by atoms with Crippen LogP contribution in [0, 0.1) is 0 Å². The third-order valence-electron chi connectivity index (χ3n) is 3.06. The summed E-state index contributed by atoms with van der Waals surface area (Å²) >= 11 is 5.55. The first-order valence-electron chi connectivity index (χ1n) is 6.34. The van der Waals surface area contributed by atoms with E-state index in [0.717, 1.165) is 35.6 Å². The first kappa shape index (κ1) is 14.4. The number of rotatable bonds is 5. The highest BCUT2D eigenvalue weighted by Gasteiger charge is 2.29. The van der Waals surface area contributed by atoms with Gasteiger partial charge in [0.15, 0.2) is 0 Å². The van der Waals surface area contributed by atoms with Gasteiger partial charge in [-0.15, -0.1) is 0 Å². The lowest BCUT2D eigenvalue weighted by Crippen LogP contribution is -2.39. The van der Waals surface area contributed by atoms with Gasteiger partial charge in [-0.05, 0) is 28.9 Å². The van der Waals surface area contributed by atoms with Crippen molar-refractivity contribution in [1.29, 1.82) is 0 Å². The van der Waals surface area contributed by atoms with Crippen molar-refractivity contribution in [1.82, 2.24) is 15.1 Å². The molecule has 18 heavy (non-hydrogen) atoms. The molecule has 6 heteroatoms. The molecule has 2 heterocycles. The number of ether oxygens (including phenoxy) is 1. The highest BCUT2D eigenvalue weighted by atomic mass is 79.9. The third-order valence-corrected chi connectivity index (χ3v) is 4.69. The van der Waals surface area contributed by atoms with Crippen LogP contribution in [-0.2, 0) is 11.8 Å². The lowest BCUT2D eigenvalue weighted by atomic mass is 10.1. The van der Waals surface area contributed by atoms with Crippen molar-refractivity contribution in [3.63, 3.8) is 0 Å². The van der Waals surface area contributed by atoms with Crippen LogP contribution in [0.25, 0.3) is 0 Å². The minimum atomic E-state index is 0.208. The molecule has 1 N–H and O–H groups in total. The molecule has 0 amide bonds. The van der Waals surface area contributed by atoms with Crippen LogP contribution in [0.2, 0.25) is 0 Å². The highest BCUT2D eigenvalue weighted by molar-refractivity contribution is 9.10. The van der Waals surface area contributed by atoms with Gasteiger partial charge in [0.25, 0.3) is 0 Å². The quantitative estimate of drug-likeness (QED) is 0.897. The van der Waals surface area contributed by atoms with E-state index in [1.54, 1.807) is 0 Å². The number of hydrogen-bond donors (Lipinski definition) is 1. The summed E-state index contributed by atoms with van der Waals surface area (Å²) in [5, 5.41) is 7.90. The number of nitrogens with one attached hydrogen (secondary N) is 1. The van der Waals surface area contributed by atoms with Gasteiger partial charge in [0, 0.05) is 18.6 Å². The molecule has 1 aliphatic heterocycles. The summed E-state index contributed by atoms with van der Waals surface area (Å²) in [7, 11) is 1.98.